The van der Waals surface area contributed by atoms with Crippen molar-refractivity contribution in [1.29, 1.82) is 0 Å². The van der Waals surface area contributed by atoms with Crippen molar-refractivity contribution in [2.75, 3.05) is 26.2 Å². The van der Waals surface area contributed by atoms with Gasteiger partial charge in [0.05, 0.1) is 0 Å². The van der Waals surface area contributed by atoms with Crippen molar-refractivity contribution in [2.24, 2.45) is 11.8 Å². The Morgan fingerprint density at radius 1 is 0.842 bits per heavy atom. The van der Waals surface area contributed by atoms with Crippen molar-refractivity contribution in [2.45, 2.75) is 63.8 Å². The van der Waals surface area contributed by atoms with Gasteiger partial charge in [0.15, 0.2) is 0 Å². The topological polar surface area (TPSA) is 15.3 Å². The molecule has 112 valence electrons. The summed E-state index contributed by atoms with van der Waals surface area (Å²) in [4.78, 5) is 2.88. The number of hydrogen-bond donors (Lipinski definition) is 1. The van der Waals surface area contributed by atoms with E-state index in [4.69, 9.17) is 0 Å². The van der Waals surface area contributed by atoms with Gasteiger partial charge in [-0.2, -0.15) is 0 Å². The third kappa shape index (κ3) is 4.09. The molecule has 1 aliphatic carbocycles. The maximum absolute atomic E-state index is 3.50. The highest BCUT2D eigenvalue weighted by Gasteiger charge is 2.33. The minimum atomic E-state index is 0. The Balaban J connectivity index is 0.00000133. The highest BCUT2D eigenvalue weighted by molar-refractivity contribution is 5.85. The minimum absolute atomic E-state index is 0. The van der Waals surface area contributed by atoms with Crippen molar-refractivity contribution >= 4 is 12.4 Å². The van der Waals surface area contributed by atoms with Gasteiger partial charge in [0.1, 0.15) is 0 Å². The van der Waals surface area contributed by atoms with E-state index in [2.05, 4.69) is 10.2 Å². The quantitative estimate of drug-likeness (QED) is 0.855. The van der Waals surface area contributed by atoms with Crippen molar-refractivity contribution in [3.05, 3.63) is 0 Å². The first kappa shape index (κ1) is 15.6. The van der Waals surface area contributed by atoms with Crippen LogP contribution in [-0.2, 0) is 0 Å². The number of rotatable bonds is 3. The molecule has 0 bridgehead atoms. The first-order chi connectivity index (χ1) is 8.93. The molecule has 3 rings (SSSR count). The van der Waals surface area contributed by atoms with Crippen LogP contribution in [0.25, 0.3) is 0 Å². The van der Waals surface area contributed by atoms with Crippen LogP contribution in [-0.4, -0.2) is 37.1 Å². The second kappa shape index (κ2) is 7.85. The highest BCUT2D eigenvalue weighted by Crippen LogP contribution is 2.35. The molecule has 0 spiro atoms. The van der Waals surface area contributed by atoms with E-state index in [9.17, 15) is 0 Å². The molecule has 0 aromatic carbocycles. The van der Waals surface area contributed by atoms with Gasteiger partial charge in [-0.1, -0.05) is 19.3 Å². The lowest BCUT2D eigenvalue weighted by Gasteiger charge is -2.36. The van der Waals surface area contributed by atoms with Crippen LogP contribution in [0.1, 0.15) is 57.8 Å². The number of piperidine rings is 1. The van der Waals surface area contributed by atoms with Crippen LogP contribution in [0.3, 0.4) is 0 Å². The molecule has 1 saturated carbocycles. The molecule has 0 aromatic heterocycles. The van der Waals surface area contributed by atoms with Crippen LogP contribution >= 0.6 is 12.4 Å². The maximum Gasteiger partial charge on any atom is 0.0124 e. The predicted molar refractivity (Wildman–Crippen MR) is 84.0 cm³/mol. The molecule has 1 atom stereocenters. The summed E-state index contributed by atoms with van der Waals surface area (Å²) in [6.45, 7) is 5.31. The molecule has 2 saturated heterocycles. The van der Waals surface area contributed by atoms with E-state index >= 15 is 0 Å². The Morgan fingerprint density at radius 3 is 2.32 bits per heavy atom. The van der Waals surface area contributed by atoms with Gasteiger partial charge < -0.3 is 5.32 Å². The molecular formula is C16H31ClN2. The lowest BCUT2D eigenvalue weighted by Crippen LogP contribution is -2.41. The first-order valence-electron chi connectivity index (χ1n) is 8.38. The fraction of sp³-hybridized carbons (Fsp3) is 1.00. The second-order valence-corrected chi connectivity index (χ2v) is 6.80. The van der Waals surface area contributed by atoms with E-state index in [1.807, 2.05) is 0 Å². The van der Waals surface area contributed by atoms with E-state index in [1.165, 1.54) is 84.0 Å². The zero-order valence-electron chi connectivity index (χ0n) is 12.3. The Bertz CT molecular complexity index is 247. The molecule has 3 aliphatic rings. The zero-order valence-corrected chi connectivity index (χ0v) is 13.1. The van der Waals surface area contributed by atoms with Gasteiger partial charge in [-0.15, -0.1) is 12.4 Å². The van der Waals surface area contributed by atoms with Gasteiger partial charge >= 0.3 is 0 Å². The predicted octanol–water partition coefficient (Wildman–Crippen LogP) is 3.45. The fourth-order valence-electron chi connectivity index (χ4n) is 4.53. The molecule has 3 fully saturated rings. The minimum Gasteiger partial charge on any atom is -0.317 e. The van der Waals surface area contributed by atoms with Crippen LogP contribution in [0.2, 0.25) is 0 Å². The average Bonchev–Trinajstić information content (AvgIpc) is 2.89. The monoisotopic (exact) mass is 286 g/mol. The summed E-state index contributed by atoms with van der Waals surface area (Å²) in [5.41, 5.74) is 0. The van der Waals surface area contributed by atoms with Gasteiger partial charge in [-0.3, -0.25) is 4.90 Å². The fourth-order valence-corrected chi connectivity index (χ4v) is 4.53. The van der Waals surface area contributed by atoms with Crippen LogP contribution in [0, 0.1) is 11.8 Å². The molecule has 1 N–H and O–H groups in total. The van der Waals surface area contributed by atoms with Gasteiger partial charge in [0.2, 0.25) is 0 Å². The maximum atomic E-state index is 3.50. The Hall–Kier alpha value is 0.210. The Kier molecular flexibility index (Phi) is 6.44. The first-order valence-corrected chi connectivity index (χ1v) is 8.38. The number of halogens is 1. The largest absolute Gasteiger partial charge is 0.317 e. The van der Waals surface area contributed by atoms with E-state index in [0.717, 1.165) is 17.9 Å². The van der Waals surface area contributed by atoms with Gasteiger partial charge in [0, 0.05) is 12.6 Å². The number of likely N-dealkylation sites (tertiary alicyclic amines) is 1. The molecule has 2 aliphatic heterocycles. The average molecular weight is 287 g/mol. The molecule has 19 heavy (non-hydrogen) atoms. The van der Waals surface area contributed by atoms with Crippen molar-refractivity contribution in [3.63, 3.8) is 0 Å². The standard InChI is InChI=1S/C16H30N2.ClH/c1-2-5-15(6-3-1)16-7-4-12-18(16)13-14-8-10-17-11-9-14;/h14-17H,1-13H2;1H. The summed E-state index contributed by atoms with van der Waals surface area (Å²) in [5.74, 6) is 2.03. The van der Waals surface area contributed by atoms with Crippen molar-refractivity contribution in [1.82, 2.24) is 10.2 Å². The van der Waals surface area contributed by atoms with Crippen LogP contribution in [0.15, 0.2) is 0 Å². The molecule has 1 unspecified atom stereocenters. The van der Waals surface area contributed by atoms with E-state index in [1.54, 1.807) is 0 Å². The van der Waals surface area contributed by atoms with E-state index < -0.39 is 0 Å². The number of nitrogens with one attached hydrogen (secondary N) is 1. The second-order valence-electron chi connectivity index (χ2n) is 6.80. The normalized spacial score (nSPS) is 31.3. The summed E-state index contributed by atoms with van der Waals surface area (Å²) in [7, 11) is 0. The number of nitrogens with zero attached hydrogens (tertiary/aromatic N) is 1. The summed E-state index contributed by atoms with van der Waals surface area (Å²) >= 11 is 0. The van der Waals surface area contributed by atoms with Crippen molar-refractivity contribution in [3.8, 4) is 0 Å². The summed E-state index contributed by atoms with van der Waals surface area (Å²) in [5, 5.41) is 3.50. The SMILES string of the molecule is C1CCC(C2CCCN2CC2CCNCC2)CC1.Cl. The van der Waals surface area contributed by atoms with Crippen LogP contribution in [0.4, 0.5) is 0 Å². The summed E-state index contributed by atoms with van der Waals surface area (Å²) < 4.78 is 0. The summed E-state index contributed by atoms with van der Waals surface area (Å²) in [6, 6.07) is 0.959. The molecule has 0 aromatic rings. The third-order valence-electron chi connectivity index (χ3n) is 5.56. The lowest BCUT2D eigenvalue weighted by molar-refractivity contribution is 0.129. The van der Waals surface area contributed by atoms with Gasteiger partial charge in [-0.05, 0) is 70.0 Å². The van der Waals surface area contributed by atoms with Crippen LogP contribution < -0.4 is 5.32 Å². The summed E-state index contributed by atoms with van der Waals surface area (Å²) in [6.07, 6.45) is 13.3. The highest BCUT2D eigenvalue weighted by atomic mass is 35.5. The molecule has 0 radical (unpaired) electrons. The molecule has 3 heteroatoms. The Labute approximate surface area is 125 Å². The molecule has 0 amide bonds. The third-order valence-corrected chi connectivity index (χ3v) is 5.56. The van der Waals surface area contributed by atoms with Gasteiger partial charge in [0.25, 0.3) is 0 Å². The van der Waals surface area contributed by atoms with Crippen LogP contribution in [0.5, 0.6) is 0 Å². The van der Waals surface area contributed by atoms with Gasteiger partial charge in [-0.25, -0.2) is 0 Å². The smallest absolute Gasteiger partial charge is 0.0124 e. The van der Waals surface area contributed by atoms with E-state index in [0.29, 0.717) is 0 Å². The van der Waals surface area contributed by atoms with E-state index in [-0.39, 0.29) is 12.4 Å². The molecule has 2 heterocycles. The number of hydrogen-bond acceptors (Lipinski definition) is 2. The van der Waals surface area contributed by atoms with Crippen molar-refractivity contribution < 1.29 is 0 Å². The molecular weight excluding hydrogens is 256 g/mol. The zero-order chi connectivity index (χ0) is 12.2. The lowest BCUT2D eigenvalue weighted by atomic mass is 9.82. The molecule has 2 nitrogen and oxygen atoms in total. The Morgan fingerprint density at radius 2 is 1.58 bits per heavy atom.